The Morgan fingerprint density at radius 3 is 3.06 bits per heavy atom. The van der Waals surface area contributed by atoms with Crippen molar-refractivity contribution < 1.29 is 4.74 Å². The van der Waals surface area contributed by atoms with Gasteiger partial charge in [0.1, 0.15) is 0 Å². The van der Waals surface area contributed by atoms with E-state index in [-0.39, 0.29) is 6.04 Å². The second-order valence-corrected chi connectivity index (χ2v) is 5.71. The summed E-state index contributed by atoms with van der Waals surface area (Å²) in [5, 5.41) is 2.92. The normalized spacial score (nSPS) is 22.6. The van der Waals surface area contributed by atoms with Gasteiger partial charge in [-0.25, -0.2) is 0 Å². The monoisotopic (exact) mass is 259 g/mol. The van der Waals surface area contributed by atoms with Crippen LogP contribution in [0.15, 0.2) is 5.38 Å². The first-order valence-corrected chi connectivity index (χ1v) is 7.05. The van der Waals surface area contributed by atoms with Crippen molar-refractivity contribution in [2.75, 3.05) is 6.61 Å². The molecule has 90 valence electrons. The molecule has 1 saturated heterocycles. The lowest BCUT2D eigenvalue weighted by molar-refractivity contribution is 0.101. The largest absolute Gasteiger partial charge is 0.378 e. The summed E-state index contributed by atoms with van der Waals surface area (Å²) in [5.74, 6) is 0. The molecule has 0 aliphatic carbocycles. The van der Waals surface area contributed by atoms with Crippen LogP contribution in [0.3, 0.4) is 0 Å². The zero-order valence-electron chi connectivity index (χ0n) is 9.54. The lowest BCUT2D eigenvalue weighted by atomic mass is 10.1. The number of thiophene rings is 1. The minimum absolute atomic E-state index is 0.0652. The molecule has 16 heavy (non-hydrogen) atoms. The van der Waals surface area contributed by atoms with Crippen LogP contribution in [0.1, 0.15) is 42.2 Å². The van der Waals surface area contributed by atoms with Gasteiger partial charge in [-0.15, -0.1) is 11.3 Å². The van der Waals surface area contributed by atoms with E-state index in [1.807, 2.05) is 6.92 Å². The van der Waals surface area contributed by atoms with Crippen LogP contribution in [-0.4, -0.2) is 12.7 Å². The molecule has 0 aromatic carbocycles. The molecule has 1 aliphatic heterocycles. The van der Waals surface area contributed by atoms with Crippen molar-refractivity contribution in [2.24, 2.45) is 5.73 Å². The fourth-order valence-corrected chi connectivity index (χ4v) is 3.44. The van der Waals surface area contributed by atoms with Crippen molar-refractivity contribution in [3.63, 3.8) is 0 Å². The Morgan fingerprint density at radius 2 is 2.50 bits per heavy atom. The molecule has 1 aromatic rings. The highest BCUT2D eigenvalue weighted by molar-refractivity contribution is 7.10. The van der Waals surface area contributed by atoms with Crippen LogP contribution >= 0.6 is 22.9 Å². The van der Waals surface area contributed by atoms with E-state index < -0.39 is 0 Å². The van der Waals surface area contributed by atoms with E-state index in [1.54, 1.807) is 11.3 Å². The molecule has 4 heteroatoms. The predicted octanol–water partition coefficient (Wildman–Crippen LogP) is 3.67. The minimum atomic E-state index is 0.0652. The fraction of sp³-hybridized carbons (Fsp3) is 0.667. The quantitative estimate of drug-likeness (QED) is 0.896. The molecular formula is C12H18ClNOS. The summed E-state index contributed by atoms with van der Waals surface area (Å²) >= 11 is 7.87. The third-order valence-corrected chi connectivity index (χ3v) is 4.93. The van der Waals surface area contributed by atoms with Gasteiger partial charge in [0.15, 0.2) is 0 Å². The third-order valence-electron chi connectivity index (χ3n) is 3.09. The number of nitrogens with two attached hydrogens (primary N) is 1. The van der Waals surface area contributed by atoms with E-state index >= 15 is 0 Å². The van der Waals surface area contributed by atoms with Gasteiger partial charge < -0.3 is 10.5 Å². The van der Waals surface area contributed by atoms with Gasteiger partial charge in [0.05, 0.1) is 11.1 Å². The van der Waals surface area contributed by atoms with Gasteiger partial charge in [0.25, 0.3) is 0 Å². The standard InChI is InChI=1S/C12H18ClNOS/c1-8-7-16-12(11(8)13)10(14)5-4-9-3-2-6-15-9/h7,9-10H,2-6,14H2,1H3. The maximum Gasteiger partial charge on any atom is 0.0590 e. The zero-order valence-corrected chi connectivity index (χ0v) is 11.1. The molecule has 2 heterocycles. The van der Waals surface area contributed by atoms with Crippen LogP contribution < -0.4 is 5.73 Å². The van der Waals surface area contributed by atoms with Crippen LogP contribution in [0.4, 0.5) is 0 Å². The molecule has 0 radical (unpaired) electrons. The summed E-state index contributed by atoms with van der Waals surface area (Å²) in [6.45, 7) is 2.94. The van der Waals surface area contributed by atoms with E-state index in [0.29, 0.717) is 6.10 Å². The van der Waals surface area contributed by atoms with E-state index in [4.69, 9.17) is 22.1 Å². The molecule has 2 rings (SSSR count). The van der Waals surface area contributed by atoms with E-state index in [2.05, 4.69) is 5.38 Å². The lowest BCUT2D eigenvalue weighted by Crippen LogP contribution is -2.13. The number of aryl methyl sites for hydroxylation is 1. The number of hydrogen-bond donors (Lipinski definition) is 1. The van der Waals surface area contributed by atoms with Crippen molar-refractivity contribution in [3.8, 4) is 0 Å². The Balaban J connectivity index is 1.87. The summed E-state index contributed by atoms with van der Waals surface area (Å²) in [4.78, 5) is 1.12. The number of hydrogen-bond acceptors (Lipinski definition) is 3. The van der Waals surface area contributed by atoms with Gasteiger partial charge in [-0.2, -0.15) is 0 Å². The van der Waals surface area contributed by atoms with Gasteiger partial charge >= 0.3 is 0 Å². The third kappa shape index (κ3) is 2.77. The van der Waals surface area contributed by atoms with Crippen LogP contribution in [-0.2, 0) is 4.74 Å². The molecule has 2 unspecified atom stereocenters. The van der Waals surface area contributed by atoms with Crippen LogP contribution in [0.25, 0.3) is 0 Å². The smallest absolute Gasteiger partial charge is 0.0590 e. The Hall–Kier alpha value is -0.0900. The highest BCUT2D eigenvalue weighted by Crippen LogP contribution is 2.34. The van der Waals surface area contributed by atoms with Crippen molar-refractivity contribution in [3.05, 3.63) is 20.8 Å². The molecule has 0 spiro atoms. The molecule has 2 nitrogen and oxygen atoms in total. The van der Waals surface area contributed by atoms with Crippen molar-refractivity contribution >= 4 is 22.9 Å². The lowest BCUT2D eigenvalue weighted by Gasteiger charge is -2.14. The van der Waals surface area contributed by atoms with Crippen molar-refractivity contribution in [1.29, 1.82) is 0 Å². The van der Waals surface area contributed by atoms with E-state index in [1.165, 1.54) is 12.8 Å². The summed E-state index contributed by atoms with van der Waals surface area (Å²) in [7, 11) is 0. The second-order valence-electron chi connectivity index (χ2n) is 4.42. The Morgan fingerprint density at radius 1 is 1.69 bits per heavy atom. The SMILES string of the molecule is Cc1csc(C(N)CCC2CCCO2)c1Cl. The molecule has 2 N–H and O–H groups in total. The van der Waals surface area contributed by atoms with E-state index in [0.717, 1.165) is 34.9 Å². The Labute approximate surface area is 106 Å². The molecule has 1 aliphatic rings. The maximum atomic E-state index is 6.20. The molecule has 0 saturated carbocycles. The van der Waals surface area contributed by atoms with Gasteiger partial charge in [0, 0.05) is 17.5 Å². The zero-order chi connectivity index (χ0) is 11.5. The fourth-order valence-electron chi connectivity index (χ4n) is 2.07. The minimum Gasteiger partial charge on any atom is -0.378 e. The molecule has 2 atom stereocenters. The Kier molecular flexibility index (Phi) is 4.25. The number of rotatable bonds is 4. The van der Waals surface area contributed by atoms with Crippen LogP contribution in [0, 0.1) is 6.92 Å². The van der Waals surface area contributed by atoms with Crippen LogP contribution in [0.5, 0.6) is 0 Å². The predicted molar refractivity (Wildman–Crippen MR) is 69.2 cm³/mol. The number of ether oxygens (including phenoxy) is 1. The van der Waals surface area contributed by atoms with Gasteiger partial charge in [-0.3, -0.25) is 0 Å². The average molecular weight is 260 g/mol. The van der Waals surface area contributed by atoms with Crippen molar-refractivity contribution in [2.45, 2.75) is 44.8 Å². The summed E-state index contributed by atoms with van der Waals surface area (Å²) in [6, 6.07) is 0.0652. The first-order valence-electron chi connectivity index (χ1n) is 5.79. The van der Waals surface area contributed by atoms with Gasteiger partial charge in [-0.05, 0) is 43.6 Å². The van der Waals surface area contributed by atoms with Crippen LogP contribution in [0.2, 0.25) is 5.02 Å². The summed E-state index contributed by atoms with van der Waals surface area (Å²) in [6.07, 6.45) is 4.81. The highest BCUT2D eigenvalue weighted by atomic mass is 35.5. The molecule has 0 amide bonds. The maximum absolute atomic E-state index is 6.20. The molecule has 0 bridgehead atoms. The first kappa shape index (κ1) is 12.4. The molecule has 1 aromatic heterocycles. The Bertz CT molecular complexity index is 347. The van der Waals surface area contributed by atoms with Gasteiger partial charge in [0.2, 0.25) is 0 Å². The number of halogens is 1. The summed E-state index contributed by atoms with van der Waals surface area (Å²) in [5.41, 5.74) is 7.29. The van der Waals surface area contributed by atoms with Gasteiger partial charge in [-0.1, -0.05) is 11.6 Å². The molecular weight excluding hydrogens is 242 g/mol. The summed E-state index contributed by atoms with van der Waals surface area (Å²) < 4.78 is 5.59. The second kappa shape index (κ2) is 5.50. The highest BCUT2D eigenvalue weighted by Gasteiger charge is 2.19. The molecule has 1 fully saturated rings. The first-order chi connectivity index (χ1) is 7.68. The van der Waals surface area contributed by atoms with E-state index in [9.17, 15) is 0 Å². The topological polar surface area (TPSA) is 35.2 Å². The van der Waals surface area contributed by atoms with Crippen molar-refractivity contribution in [1.82, 2.24) is 0 Å². The average Bonchev–Trinajstić information content (AvgIpc) is 2.88.